The fraction of sp³-hybridized carbons (Fsp3) is 0.231. The van der Waals surface area contributed by atoms with Crippen molar-refractivity contribution in [2.45, 2.75) is 6.92 Å². The minimum atomic E-state index is -0.124. The van der Waals surface area contributed by atoms with Crippen molar-refractivity contribution in [3.8, 4) is 5.69 Å². The number of nitrogen functional groups attached to an aromatic ring is 1. The van der Waals surface area contributed by atoms with E-state index < -0.39 is 0 Å². The number of nitrogens with two attached hydrogens (primary N) is 1. The molecule has 0 saturated carbocycles. The van der Waals surface area contributed by atoms with Crippen LogP contribution in [0.5, 0.6) is 0 Å². The largest absolute Gasteiger partial charge is 0.397 e. The van der Waals surface area contributed by atoms with Gasteiger partial charge in [0.25, 0.3) is 5.91 Å². The summed E-state index contributed by atoms with van der Waals surface area (Å²) in [4.78, 5) is 13.3. The number of hydrogen-bond acceptors (Lipinski definition) is 3. The van der Waals surface area contributed by atoms with Crippen LogP contribution in [0.2, 0.25) is 0 Å². The zero-order valence-corrected chi connectivity index (χ0v) is 10.7. The molecule has 1 aromatic heterocycles. The number of carbonyl (C=O) groups is 1. The van der Waals surface area contributed by atoms with Crippen LogP contribution in [0.1, 0.15) is 16.1 Å². The first-order chi connectivity index (χ1) is 8.50. The van der Waals surface area contributed by atoms with E-state index in [0.717, 1.165) is 11.3 Å². The Labute approximate surface area is 106 Å². The highest BCUT2D eigenvalue weighted by Crippen LogP contribution is 2.20. The SMILES string of the molecule is Cc1cccc(N)c1-n1ccc(C(=O)N(C)C)n1. The summed E-state index contributed by atoms with van der Waals surface area (Å²) in [5.74, 6) is -0.124. The molecular weight excluding hydrogens is 228 g/mol. The first-order valence-corrected chi connectivity index (χ1v) is 5.63. The summed E-state index contributed by atoms with van der Waals surface area (Å²) in [6.07, 6.45) is 1.75. The van der Waals surface area contributed by atoms with Gasteiger partial charge in [0.05, 0.1) is 11.4 Å². The molecule has 1 amide bonds. The van der Waals surface area contributed by atoms with Crippen molar-refractivity contribution in [3.05, 3.63) is 41.7 Å². The van der Waals surface area contributed by atoms with Gasteiger partial charge in [-0.3, -0.25) is 4.79 Å². The molecule has 0 fully saturated rings. The normalized spacial score (nSPS) is 10.4. The summed E-state index contributed by atoms with van der Waals surface area (Å²) >= 11 is 0. The zero-order chi connectivity index (χ0) is 13.3. The van der Waals surface area contributed by atoms with Gasteiger partial charge in [-0.05, 0) is 24.6 Å². The first-order valence-electron chi connectivity index (χ1n) is 5.63. The molecule has 94 valence electrons. The molecule has 0 aliphatic carbocycles. The van der Waals surface area contributed by atoms with E-state index >= 15 is 0 Å². The Hall–Kier alpha value is -2.30. The van der Waals surface area contributed by atoms with Crippen LogP contribution in [0.25, 0.3) is 5.69 Å². The first kappa shape index (κ1) is 12.2. The average molecular weight is 244 g/mol. The van der Waals surface area contributed by atoms with E-state index in [1.54, 1.807) is 31.0 Å². The Kier molecular flexibility index (Phi) is 3.06. The number of aromatic nitrogens is 2. The quantitative estimate of drug-likeness (QED) is 0.813. The molecule has 0 unspecified atom stereocenters. The van der Waals surface area contributed by atoms with Gasteiger partial charge in [-0.1, -0.05) is 12.1 Å². The fourth-order valence-corrected chi connectivity index (χ4v) is 1.79. The lowest BCUT2D eigenvalue weighted by Crippen LogP contribution is -2.22. The number of amides is 1. The number of hydrogen-bond donors (Lipinski definition) is 1. The summed E-state index contributed by atoms with van der Waals surface area (Å²) in [7, 11) is 3.40. The third-order valence-electron chi connectivity index (χ3n) is 2.71. The van der Waals surface area contributed by atoms with Gasteiger partial charge in [-0.15, -0.1) is 0 Å². The van der Waals surface area contributed by atoms with Crippen LogP contribution in [0.15, 0.2) is 30.5 Å². The average Bonchev–Trinajstić information content (AvgIpc) is 2.77. The third-order valence-corrected chi connectivity index (χ3v) is 2.71. The van der Waals surface area contributed by atoms with Gasteiger partial charge in [0.1, 0.15) is 0 Å². The molecule has 0 atom stereocenters. The van der Waals surface area contributed by atoms with E-state index in [2.05, 4.69) is 5.10 Å². The maximum atomic E-state index is 11.8. The Balaban J connectivity index is 2.45. The standard InChI is InChI=1S/C13H16N4O/c1-9-5-4-6-10(14)12(9)17-8-7-11(15-17)13(18)16(2)3/h4-8H,14H2,1-3H3. The molecule has 0 spiro atoms. The lowest BCUT2D eigenvalue weighted by molar-refractivity contribution is 0.0821. The molecular formula is C13H16N4O. The van der Waals surface area contributed by atoms with Crippen molar-refractivity contribution in [2.24, 2.45) is 0 Å². The monoisotopic (exact) mass is 244 g/mol. The van der Waals surface area contributed by atoms with Gasteiger partial charge in [-0.2, -0.15) is 5.10 Å². The van der Waals surface area contributed by atoms with E-state index in [-0.39, 0.29) is 5.91 Å². The number of para-hydroxylation sites is 1. The van der Waals surface area contributed by atoms with Crippen molar-refractivity contribution < 1.29 is 4.79 Å². The molecule has 2 rings (SSSR count). The summed E-state index contributed by atoms with van der Waals surface area (Å²) < 4.78 is 1.64. The Morgan fingerprint density at radius 1 is 1.33 bits per heavy atom. The number of carbonyl (C=O) groups excluding carboxylic acids is 1. The summed E-state index contributed by atoms with van der Waals surface area (Å²) in [5.41, 5.74) is 8.82. The lowest BCUT2D eigenvalue weighted by atomic mass is 10.2. The molecule has 0 saturated heterocycles. The third kappa shape index (κ3) is 2.07. The van der Waals surface area contributed by atoms with Gasteiger partial charge < -0.3 is 10.6 Å². The molecule has 18 heavy (non-hydrogen) atoms. The Morgan fingerprint density at radius 3 is 2.67 bits per heavy atom. The van der Waals surface area contributed by atoms with E-state index in [1.807, 2.05) is 25.1 Å². The molecule has 1 heterocycles. The van der Waals surface area contributed by atoms with Crippen LogP contribution >= 0.6 is 0 Å². The van der Waals surface area contributed by atoms with E-state index in [9.17, 15) is 4.79 Å². The van der Waals surface area contributed by atoms with Gasteiger partial charge >= 0.3 is 0 Å². The highest BCUT2D eigenvalue weighted by molar-refractivity contribution is 5.91. The molecule has 1 aromatic carbocycles. The maximum absolute atomic E-state index is 11.8. The second-order valence-electron chi connectivity index (χ2n) is 4.36. The molecule has 2 N–H and O–H groups in total. The van der Waals surface area contributed by atoms with Crippen LogP contribution in [0, 0.1) is 6.92 Å². The smallest absolute Gasteiger partial charge is 0.273 e. The van der Waals surface area contributed by atoms with Crippen molar-refractivity contribution >= 4 is 11.6 Å². The van der Waals surface area contributed by atoms with Crippen LogP contribution in [0.4, 0.5) is 5.69 Å². The Bertz CT molecular complexity index is 566. The number of nitrogens with zero attached hydrogens (tertiary/aromatic N) is 3. The van der Waals surface area contributed by atoms with E-state index in [4.69, 9.17) is 5.73 Å². The molecule has 5 nitrogen and oxygen atoms in total. The topological polar surface area (TPSA) is 64.2 Å². The number of benzene rings is 1. The molecule has 0 bridgehead atoms. The summed E-state index contributed by atoms with van der Waals surface area (Å²) in [6, 6.07) is 7.36. The maximum Gasteiger partial charge on any atom is 0.273 e. The second kappa shape index (κ2) is 4.52. The van der Waals surface area contributed by atoms with Crippen LogP contribution < -0.4 is 5.73 Å². The van der Waals surface area contributed by atoms with Gasteiger partial charge in [-0.25, -0.2) is 4.68 Å². The highest BCUT2D eigenvalue weighted by Gasteiger charge is 2.13. The van der Waals surface area contributed by atoms with Gasteiger partial charge in [0.15, 0.2) is 5.69 Å². The minimum Gasteiger partial charge on any atom is -0.397 e. The Morgan fingerprint density at radius 2 is 2.06 bits per heavy atom. The van der Waals surface area contributed by atoms with E-state index in [0.29, 0.717) is 11.4 Å². The number of anilines is 1. The second-order valence-corrected chi connectivity index (χ2v) is 4.36. The fourth-order valence-electron chi connectivity index (χ4n) is 1.79. The molecule has 0 radical (unpaired) electrons. The lowest BCUT2D eigenvalue weighted by Gasteiger charge is -2.09. The van der Waals surface area contributed by atoms with Crippen molar-refractivity contribution in [1.29, 1.82) is 0 Å². The van der Waals surface area contributed by atoms with Crippen molar-refractivity contribution in [2.75, 3.05) is 19.8 Å². The van der Waals surface area contributed by atoms with Crippen LogP contribution in [0.3, 0.4) is 0 Å². The van der Waals surface area contributed by atoms with Crippen LogP contribution in [-0.4, -0.2) is 34.7 Å². The van der Waals surface area contributed by atoms with Gasteiger partial charge in [0, 0.05) is 20.3 Å². The zero-order valence-electron chi connectivity index (χ0n) is 10.7. The van der Waals surface area contributed by atoms with Gasteiger partial charge in [0.2, 0.25) is 0 Å². The highest BCUT2D eigenvalue weighted by atomic mass is 16.2. The predicted octanol–water partition coefficient (Wildman–Crippen LogP) is 1.46. The predicted molar refractivity (Wildman–Crippen MR) is 70.7 cm³/mol. The molecule has 0 aliphatic heterocycles. The van der Waals surface area contributed by atoms with Crippen molar-refractivity contribution in [3.63, 3.8) is 0 Å². The van der Waals surface area contributed by atoms with Crippen LogP contribution in [-0.2, 0) is 0 Å². The minimum absolute atomic E-state index is 0.124. The number of aryl methyl sites for hydroxylation is 1. The molecule has 2 aromatic rings. The summed E-state index contributed by atoms with van der Waals surface area (Å²) in [6.45, 7) is 1.96. The van der Waals surface area contributed by atoms with Crippen molar-refractivity contribution in [1.82, 2.24) is 14.7 Å². The summed E-state index contributed by atoms with van der Waals surface area (Å²) in [5, 5.41) is 4.27. The molecule has 0 aliphatic rings. The molecule has 5 heteroatoms. The van der Waals surface area contributed by atoms with E-state index in [1.165, 1.54) is 4.90 Å². The number of rotatable bonds is 2.